The van der Waals surface area contributed by atoms with Gasteiger partial charge in [-0.3, -0.25) is 4.98 Å². The molecule has 0 saturated heterocycles. The van der Waals surface area contributed by atoms with E-state index in [1.807, 2.05) is 18.2 Å². The summed E-state index contributed by atoms with van der Waals surface area (Å²) in [6.07, 6.45) is 2.60. The minimum atomic E-state index is 0.437. The van der Waals surface area contributed by atoms with Crippen molar-refractivity contribution in [2.45, 2.75) is 6.42 Å². The van der Waals surface area contributed by atoms with Crippen LogP contribution in [0.5, 0.6) is 0 Å². The summed E-state index contributed by atoms with van der Waals surface area (Å²) in [5, 5.41) is 3.10. The Balaban J connectivity index is 1.90. The Morgan fingerprint density at radius 3 is 2.88 bits per heavy atom. The molecule has 0 atom stereocenters. The van der Waals surface area contributed by atoms with E-state index >= 15 is 0 Å². The summed E-state index contributed by atoms with van der Waals surface area (Å²) < 4.78 is 0.672. The summed E-state index contributed by atoms with van der Waals surface area (Å²) in [6, 6.07) is 7.51. The number of nitrogens with one attached hydrogen (secondary N) is 1. The van der Waals surface area contributed by atoms with Gasteiger partial charge >= 0.3 is 0 Å². The van der Waals surface area contributed by atoms with Crippen molar-refractivity contribution in [3.63, 3.8) is 0 Å². The van der Waals surface area contributed by atoms with Gasteiger partial charge in [-0.25, -0.2) is 4.98 Å². The molecule has 0 fully saturated rings. The van der Waals surface area contributed by atoms with Gasteiger partial charge in [0.05, 0.1) is 0 Å². The second-order valence-corrected chi connectivity index (χ2v) is 4.25. The zero-order chi connectivity index (χ0) is 12.1. The van der Waals surface area contributed by atoms with Crippen LogP contribution in [0.1, 0.15) is 5.69 Å². The first kappa shape index (κ1) is 11.8. The molecule has 5 nitrogen and oxygen atoms in total. The molecule has 0 aliphatic carbocycles. The number of nitrogens with zero attached hydrogens (tertiary/aromatic N) is 3. The fourth-order valence-electron chi connectivity index (χ4n) is 1.36. The summed E-state index contributed by atoms with van der Waals surface area (Å²) >= 11 is 3.27. The molecule has 0 aliphatic rings. The highest BCUT2D eigenvalue weighted by Crippen LogP contribution is 2.12. The van der Waals surface area contributed by atoms with Crippen LogP contribution in [0.25, 0.3) is 0 Å². The molecular formula is C11H12BrN5. The van der Waals surface area contributed by atoms with Crippen LogP contribution >= 0.6 is 15.9 Å². The van der Waals surface area contributed by atoms with E-state index in [4.69, 9.17) is 5.73 Å². The number of nitrogens with two attached hydrogens (primary N) is 1. The second kappa shape index (κ2) is 5.58. The Labute approximate surface area is 108 Å². The van der Waals surface area contributed by atoms with E-state index in [0.29, 0.717) is 22.9 Å². The fraction of sp³-hybridized carbons (Fsp3) is 0.182. The van der Waals surface area contributed by atoms with Crippen LogP contribution in [0.4, 0.5) is 11.8 Å². The summed E-state index contributed by atoms with van der Waals surface area (Å²) in [7, 11) is 0. The Kier molecular flexibility index (Phi) is 3.87. The highest BCUT2D eigenvalue weighted by atomic mass is 79.9. The van der Waals surface area contributed by atoms with E-state index in [0.717, 1.165) is 12.1 Å². The van der Waals surface area contributed by atoms with Crippen molar-refractivity contribution in [1.82, 2.24) is 15.0 Å². The van der Waals surface area contributed by atoms with Crippen molar-refractivity contribution >= 4 is 27.7 Å². The van der Waals surface area contributed by atoms with Gasteiger partial charge < -0.3 is 11.1 Å². The molecule has 88 valence electrons. The second-order valence-electron chi connectivity index (χ2n) is 3.44. The quantitative estimate of drug-likeness (QED) is 0.842. The first-order valence-corrected chi connectivity index (χ1v) is 5.97. The molecule has 2 rings (SSSR count). The number of hydrogen-bond donors (Lipinski definition) is 2. The number of hydrogen-bond acceptors (Lipinski definition) is 5. The number of anilines is 2. The lowest BCUT2D eigenvalue weighted by Gasteiger charge is -2.05. The first-order valence-electron chi connectivity index (χ1n) is 5.18. The van der Waals surface area contributed by atoms with Crippen LogP contribution in [-0.2, 0) is 6.42 Å². The average molecular weight is 294 g/mol. The van der Waals surface area contributed by atoms with Crippen molar-refractivity contribution in [3.05, 3.63) is 40.8 Å². The number of nitrogen functional groups attached to an aromatic ring is 1. The molecule has 0 unspecified atom stereocenters. The Morgan fingerprint density at radius 1 is 1.29 bits per heavy atom. The van der Waals surface area contributed by atoms with E-state index in [-0.39, 0.29) is 0 Å². The number of rotatable bonds is 4. The predicted octanol–water partition coefficient (Wildman–Crippen LogP) is 1.87. The van der Waals surface area contributed by atoms with E-state index in [1.54, 1.807) is 12.3 Å². The molecule has 0 radical (unpaired) electrons. The molecule has 0 aromatic carbocycles. The van der Waals surface area contributed by atoms with E-state index in [2.05, 4.69) is 36.2 Å². The third-order valence-electron chi connectivity index (χ3n) is 2.11. The van der Waals surface area contributed by atoms with Crippen molar-refractivity contribution in [2.24, 2.45) is 0 Å². The van der Waals surface area contributed by atoms with Gasteiger partial charge in [-0.1, -0.05) is 6.07 Å². The van der Waals surface area contributed by atoms with Gasteiger partial charge in [-0.15, -0.1) is 0 Å². The zero-order valence-electron chi connectivity index (χ0n) is 9.10. The third-order valence-corrected chi connectivity index (χ3v) is 2.51. The average Bonchev–Trinajstić information content (AvgIpc) is 2.29. The van der Waals surface area contributed by atoms with Gasteiger partial charge in [-0.05, 0) is 28.1 Å². The molecule has 0 spiro atoms. The molecular weight excluding hydrogens is 282 g/mol. The monoisotopic (exact) mass is 293 g/mol. The van der Waals surface area contributed by atoms with E-state index in [1.165, 1.54) is 0 Å². The van der Waals surface area contributed by atoms with Crippen LogP contribution in [0.15, 0.2) is 35.1 Å². The van der Waals surface area contributed by atoms with Gasteiger partial charge in [0.2, 0.25) is 5.95 Å². The minimum absolute atomic E-state index is 0.437. The smallest absolute Gasteiger partial charge is 0.225 e. The number of pyridine rings is 1. The lowest BCUT2D eigenvalue weighted by atomic mass is 10.3. The van der Waals surface area contributed by atoms with Gasteiger partial charge in [0.25, 0.3) is 0 Å². The van der Waals surface area contributed by atoms with Crippen molar-refractivity contribution in [2.75, 3.05) is 17.6 Å². The molecule has 0 bridgehead atoms. The van der Waals surface area contributed by atoms with Gasteiger partial charge in [-0.2, -0.15) is 4.98 Å². The number of aromatic nitrogens is 3. The van der Waals surface area contributed by atoms with Crippen LogP contribution < -0.4 is 11.1 Å². The number of halogens is 1. The van der Waals surface area contributed by atoms with Crippen LogP contribution in [-0.4, -0.2) is 21.5 Å². The molecule has 0 saturated carbocycles. The summed E-state index contributed by atoms with van der Waals surface area (Å²) in [4.78, 5) is 12.5. The Morgan fingerprint density at radius 2 is 2.18 bits per heavy atom. The third kappa shape index (κ3) is 3.67. The first-order chi connectivity index (χ1) is 8.24. The van der Waals surface area contributed by atoms with Crippen LogP contribution in [0, 0.1) is 0 Å². The van der Waals surface area contributed by atoms with Crippen LogP contribution in [0.2, 0.25) is 0 Å². The molecule has 17 heavy (non-hydrogen) atoms. The Bertz CT molecular complexity index is 468. The standard InChI is InChI=1S/C11H12BrN5/c12-9-7-10(13)17-11(16-9)15-6-4-8-3-1-2-5-14-8/h1-3,5,7H,4,6H2,(H3,13,15,16,17). The fourth-order valence-corrected chi connectivity index (χ4v) is 1.76. The molecule has 3 N–H and O–H groups in total. The van der Waals surface area contributed by atoms with Gasteiger partial charge in [0.15, 0.2) is 0 Å². The molecule has 2 aromatic heterocycles. The SMILES string of the molecule is Nc1cc(Br)nc(NCCc2ccccn2)n1. The van der Waals surface area contributed by atoms with Crippen LogP contribution in [0.3, 0.4) is 0 Å². The molecule has 6 heteroatoms. The summed E-state index contributed by atoms with van der Waals surface area (Å²) in [5.74, 6) is 0.958. The maximum Gasteiger partial charge on any atom is 0.225 e. The molecule has 0 amide bonds. The molecule has 2 aromatic rings. The van der Waals surface area contributed by atoms with Gasteiger partial charge in [0, 0.05) is 30.9 Å². The van der Waals surface area contributed by atoms with Crippen molar-refractivity contribution in [1.29, 1.82) is 0 Å². The topological polar surface area (TPSA) is 76.7 Å². The highest BCUT2D eigenvalue weighted by Gasteiger charge is 2.00. The summed E-state index contributed by atoms with van der Waals surface area (Å²) in [5.41, 5.74) is 6.64. The summed E-state index contributed by atoms with van der Waals surface area (Å²) in [6.45, 7) is 0.715. The van der Waals surface area contributed by atoms with Gasteiger partial charge in [0.1, 0.15) is 10.4 Å². The maximum atomic E-state index is 5.61. The predicted molar refractivity (Wildman–Crippen MR) is 70.6 cm³/mol. The van der Waals surface area contributed by atoms with Crippen molar-refractivity contribution < 1.29 is 0 Å². The Hall–Kier alpha value is -1.69. The minimum Gasteiger partial charge on any atom is -0.383 e. The lowest BCUT2D eigenvalue weighted by Crippen LogP contribution is -2.09. The molecule has 0 aliphatic heterocycles. The highest BCUT2D eigenvalue weighted by molar-refractivity contribution is 9.10. The maximum absolute atomic E-state index is 5.61. The zero-order valence-corrected chi connectivity index (χ0v) is 10.7. The lowest BCUT2D eigenvalue weighted by molar-refractivity contribution is 0.940. The van der Waals surface area contributed by atoms with E-state index in [9.17, 15) is 0 Å². The molecule has 2 heterocycles. The van der Waals surface area contributed by atoms with Crippen molar-refractivity contribution in [3.8, 4) is 0 Å². The normalized spacial score (nSPS) is 10.2. The van der Waals surface area contributed by atoms with E-state index < -0.39 is 0 Å². The largest absolute Gasteiger partial charge is 0.383 e.